The van der Waals surface area contributed by atoms with Crippen molar-refractivity contribution in [1.82, 2.24) is 0 Å². The Bertz CT molecular complexity index is 750. The Kier molecular flexibility index (Phi) is 9.50. The van der Waals surface area contributed by atoms with E-state index in [1.807, 2.05) is 0 Å². The van der Waals surface area contributed by atoms with Crippen molar-refractivity contribution in [3.63, 3.8) is 0 Å². The number of halogens is 3. The summed E-state index contributed by atoms with van der Waals surface area (Å²) in [5.74, 6) is 0.599. The molecule has 4 heteroatoms. The molecule has 2 aliphatic carbocycles. The van der Waals surface area contributed by atoms with Gasteiger partial charge in [-0.1, -0.05) is 57.4 Å². The number of hydrogen-bond donors (Lipinski definition) is 0. The fourth-order valence-electron chi connectivity index (χ4n) is 5.72. The van der Waals surface area contributed by atoms with Crippen LogP contribution in [0.2, 0.25) is 0 Å². The summed E-state index contributed by atoms with van der Waals surface area (Å²) in [5.41, 5.74) is 0.958. The van der Waals surface area contributed by atoms with Crippen LogP contribution in [-0.4, -0.2) is 0 Å². The first kappa shape index (κ1) is 23.9. The van der Waals surface area contributed by atoms with Gasteiger partial charge >= 0.3 is 0 Å². The molecular weight excluding hydrogens is 395 g/mol. The maximum atomic E-state index is 13.5. The molecule has 0 amide bonds. The number of rotatable bonds is 9. The van der Waals surface area contributed by atoms with Gasteiger partial charge in [0.1, 0.15) is 6.07 Å². The zero-order valence-corrected chi connectivity index (χ0v) is 18.6. The molecule has 2 fully saturated rings. The van der Waals surface area contributed by atoms with E-state index in [2.05, 4.69) is 0 Å². The van der Waals surface area contributed by atoms with E-state index in [0.29, 0.717) is 18.3 Å². The number of hydrogen-bond acceptors (Lipinski definition) is 1. The van der Waals surface area contributed by atoms with Crippen LogP contribution in [0.1, 0.15) is 101 Å². The second-order valence-electron chi connectivity index (χ2n) is 9.80. The fraction of sp³-hybridized carbons (Fsp3) is 0.667. The van der Waals surface area contributed by atoms with Gasteiger partial charge in [-0.25, -0.2) is 8.78 Å². The van der Waals surface area contributed by atoms with Gasteiger partial charge in [-0.15, -0.1) is 0 Å². The summed E-state index contributed by atoms with van der Waals surface area (Å²) in [6, 6.07) is 5.94. The third-order valence-electron chi connectivity index (χ3n) is 7.71. The molecule has 1 aromatic rings. The summed E-state index contributed by atoms with van der Waals surface area (Å²) in [4.78, 5) is 0. The second kappa shape index (κ2) is 12.3. The van der Waals surface area contributed by atoms with Crippen LogP contribution in [0.4, 0.5) is 13.2 Å². The lowest BCUT2D eigenvalue weighted by molar-refractivity contribution is 0.244. The monoisotopic (exact) mass is 431 g/mol. The molecule has 0 aliphatic heterocycles. The Morgan fingerprint density at radius 1 is 0.839 bits per heavy atom. The molecular formula is C27H36F3N. The summed E-state index contributed by atoms with van der Waals surface area (Å²) in [7, 11) is 0. The number of nitriles is 1. The third-order valence-corrected chi connectivity index (χ3v) is 7.71. The Morgan fingerprint density at radius 3 is 1.94 bits per heavy atom. The summed E-state index contributed by atoms with van der Waals surface area (Å²) in [6.07, 6.45) is 18.1. The summed E-state index contributed by atoms with van der Waals surface area (Å²) < 4.78 is 39.5. The maximum Gasteiger partial charge on any atom is 0.196 e. The maximum absolute atomic E-state index is 13.5. The minimum atomic E-state index is -0.755. The van der Waals surface area contributed by atoms with Gasteiger partial charge in [0.15, 0.2) is 17.5 Å². The van der Waals surface area contributed by atoms with E-state index in [9.17, 15) is 13.2 Å². The highest BCUT2D eigenvalue weighted by molar-refractivity contribution is 5.22. The average Bonchev–Trinajstić information content (AvgIpc) is 2.80. The van der Waals surface area contributed by atoms with Crippen molar-refractivity contribution >= 4 is 0 Å². The first-order chi connectivity index (χ1) is 15.0. The van der Waals surface area contributed by atoms with Crippen LogP contribution >= 0.6 is 0 Å². The normalized spacial score (nSPS) is 27.1. The van der Waals surface area contributed by atoms with Gasteiger partial charge in [-0.05, 0) is 86.0 Å². The lowest BCUT2D eigenvalue weighted by Gasteiger charge is -2.30. The predicted molar refractivity (Wildman–Crippen MR) is 119 cm³/mol. The van der Waals surface area contributed by atoms with Crippen molar-refractivity contribution in [2.24, 2.45) is 17.8 Å². The molecule has 0 aromatic heterocycles. The van der Waals surface area contributed by atoms with Crippen molar-refractivity contribution in [3.05, 3.63) is 47.3 Å². The van der Waals surface area contributed by atoms with Crippen LogP contribution < -0.4 is 0 Å². The zero-order chi connectivity index (χ0) is 22.1. The van der Waals surface area contributed by atoms with Gasteiger partial charge in [0.25, 0.3) is 0 Å². The molecule has 31 heavy (non-hydrogen) atoms. The summed E-state index contributed by atoms with van der Waals surface area (Å²) in [6.45, 7) is 0. The molecule has 0 radical (unpaired) electrons. The van der Waals surface area contributed by atoms with Crippen molar-refractivity contribution < 1.29 is 13.2 Å². The van der Waals surface area contributed by atoms with Crippen LogP contribution in [0.15, 0.2) is 30.1 Å². The topological polar surface area (TPSA) is 23.8 Å². The minimum Gasteiger partial charge on any atom is -0.204 e. The quantitative estimate of drug-likeness (QED) is 0.283. The largest absolute Gasteiger partial charge is 0.204 e. The van der Waals surface area contributed by atoms with Gasteiger partial charge in [-0.3, -0.25) is 0 Å². The smallest absolute Gasteiger partial charge is 0.196 e. The molecule has 0 bridgehead atoms. The lowest BCUT2D eigenvalue weighted by atomic mass is 9.76. The van der Waals surface area contributed by atoms with E-state index < -0.39 is 17.5 Å². The molecule has 1 aromatic carbocycles. The lowest BCUT2D eigenvalue weighted by Crippen LogP contribution is -2.15. The Hall–Kier alpha value is -1.76. The van der Waals surface area contributed by atoms with Gasteiger partial charge in [-0.2, -0.15) is 9.65 Å². The molecule has 0 saturated heterocycles. The SMILES string of the molecule is N#CC(F)=CCC[C@H]1CC[C@H](CCCC[C@H]2CC[C@H](c3ccc(F)c(F)c3)CC2)CC1. The molecule has 2 saturated carbocycles. The predicted octanol–water partition coefficient (Wildman–Crippen LogP) is 8.76. The van der Waals surface area contributed by atoms with Crippen LogP contribution in [0, 0.1) is 40.7 Å². The molecule has 0 spiro atoms. The first-order valence-electron chi connectivity index (χ1n) is 12.3. The van der Waals surface area contributed by atoms with E-state index in [1.165, 1.54) is 82.4 Å². The highest BCUT2D eigenvalue weighted by atomic mass is 19.2. The van der Waals surface area contributed by atoms with Crippen molar-refractivity contribution in [2.75, 3.05) is 0 Å². The number of allylic oxidation sites excluding steroid dienone is 2. The van der Waals surface area contributed by atoms with Crippen LogP contribution in [0.5, 0.6) is 0 Å². The van der Waals surface area contributed by atoms with E-state index in [0.717, 1.165) is 36.7 Å². The highest BCUT2D eigenvalue weighted by Gasteiger charge is 2.24. The van der Waals surface area contributed by atoms with Crippen LogP contribution in [-0.2, 0) is 0 Å². The van der Waals surface area contributed by atoms with Crippen LogP contribution in [0.3, 0.4) is 0 Å². The molecule has 3 rings (SSSR count). The van der Waals surface area contributed by atoms with Crippen molar-refractivity contribution in [1.29, 1.82) is 5.26 Å². The minimum absolute atomic E-state index is 0.383. The fourth-order valence-corrected chi connectivity index (χ4v) is 5.72. The Morgan fingerprint density at radius 2 is 1.39 bits per heavy atom. The van der Waals surface area contributed by atoms with E-state index in [1.54, 1.807) is 12.1 Å². The molecule has 1 nitrogen and oxygen atoms in total. The van der Waals surface area contributed by atoms with Gasteiger partial charge in [0.05, 0.1) is 0 Å². The average molecular weight is 432 g/mol. The van der Waals surface area contributed by atoms with Gasteiger partial charge in [0.2, 0.25) is 0 Å². The van der Waals surface area contributed by atoms with Crippen molar-refractivity contribution in [2.45, 2.75) is 95.8 Å². The van der Waals surface area contributed by atoms with Gasteiger partial charge in [0, 0.05) is 0 Å². The molecule has 170 valence electrons. The number of benzene rings is 1. The van der Waals surface area contributed by atoms with Crippen molar-refractivity contribution in [3.8, 4) is 6.07 Å². The molecule has 0 N–H and O–H groups in total. The second-order valence-corrected chi connectivity index (χ2v) is 9.80. The van der Waals surface area contributed by atoms with Gasteiger partial charge < -0.3 is 0 Å². The molecule has 2 aliphatic rings. The third kappa shape index (κ3) is 7.70. The summed E-state index contributed by atoms with van der Waals surface area (Å²) >= 11 is 0. The molecule has 0 unspecified atom stereocenters. The molecule has 0 atom stereocenters. The van der Waals surface area contributed by atoms with E-state index in [-0.39, 0.29) is 0 Å². The molecule has 0 heterocycles. The Labute approximate surface area is 185 Å². The number of nitrogens with zero attached hydrogens (tertiary/aromatic N) is 1. The van der Waals surface area contributed by atoms with Crippen LogP contribution in [0.25, 0.3) is 0 Å². The highest BCUT2D eigenvalue weighted by Crippen LogP contribution is 2.39. The standard InChI is InChI=1S/C27H36F3N/c28-25(19-31)7-3-6-22-10-8-20(9-11-22)4-1-2-5-21-12-14-23(15-13-21)24-16-17-26(29)27(30)18-24/h7,16-18,20-23H,1-6,8-15H2/t20-,21-,22-,23-. The first-order valence-corrected chi connectivity index (χ1v) is 12.3. The summed E-state index contributed by atoms with van der Waals surface area (Å²) in [5, 5.41) is 8.45. The van der Waals surface area contributed by atoms with E-state index in [4.69, 9.17) is 5.26 Å². The Balaban J connectivity index is 1.24. The number of unbranched alkanes of at least 4 members (excludes halogenated alkanes) is 1. The zero-order valence-electron chi connectivity index (χ0n) is 18.6. The van der Waals surface area contributed by atoms with E-state index >= 15 is 0 Å².